The van der Waals surface area contributed by atoms with Crippen molar-refractivity contribution < 1.29 is 13.9 Å². The van der Waals surface area contributed by atoms with Gasteiger partial charge in [-0.15, -0.1) is 0 Å². The van der Waals surface area contributed by atoms with E-state index in [9.17, 15) is 9.18 Å². The highest BCUT2D eigenvalue weighted by atomic mass is 19.1. The third-order valence-electron chi connectivity index (χ3n) is 4.08. The van der Waals surface area contributed by atoms with E-state index in [-0.39, 0.29) is 23.9 Å². The molecule has 2 atom stereocenters. The number of anilines is 1. The fraction of sp³-hybridized carbons (Fsp3) is 0.500. The van der Waals surface area contributed by atoms with Crippen LogP contribution in [-0.4, -0.2) is 19.2 Å². The van der Waals surface area contributed by atoms with E-state index < -0.39 is 0 Å². The zero-order valence-electron chi connectivity index (χ0n) is 10.4. The van der Waals surface area contributed by atoms with Crippen molar-refractivity contribution in [1.82, 2.24) is 0 Å². The Morgan fingerprint density at radius 2 is 2.17 bits per heavy atom. The minimum absolute atomic E-state index is 0.142. The molecule has 0 unspecified atom stereocenters. The van der Waals surface area contributed by atoms with Gasteiger partial charge in [-0.2, -0.15) is 0 Å². The molecule has 1 aromatic rings. The van der Waals surface area contributed by atoms with Crippen LogP contribution in [0.15, 0.2) is 18.2 Å². The number of methoxy groups -OCH3 is 1. The number of nitrogens with zero attached hydrogens (tertiary/aromatic N) is 1. The van der Waals surface area contributed by atoms with Crippen LogP contribution in [0.3, 0.4) is 0 Å². The standard InChI is InChI=1S/C14H16FNO2/c1-18-14(17)16-12-5-3-2-4-10(12)11-8-9(15)6-7-13(11)16/h6-8,10,12H,2-5H2,1H3/t10-,12+/m0/s1. The van der Waals surface area contributed by atoms with Crippen molar-refractivity contribution in [3.63, 3.8) is 0 Å². The summed E-state index contributed by atoms with van der Waals surface area (Å²) in [6.07, 6.45) is 3.92. The van der Waals surface area contributed by atoms with E-state index >= 15 is 0 Å². The molecule has 0 bridgehead atoms. The fourth-order valence-electron chi connectivity index (χ4n) is 3.34. The Kier molecular flexibility index (Phi) is 2.73. The summed E-state index contributed by atoms with van der Waals surface area (Å²) in [6.45, 7) is 0. The SMILES string of the molecule is COC(=O)N1c2ccc(F)cc2[C@@H]2CCCC[C@H]21. The lowest BCUT2D eigenvalue weighted by molar-refractivity contribution is 0.174. The summed E-state index contributed by atoms with van der Waals surface area (Å²) < 4.78 is 18.3. The maximum Gasteiger partial charge on any atom is 0.414 e. The van der Waals surface area contributed by atoms with Crippen LogP contribution < -0.4 is 4.90 Å². The van der Waals surface area contributed by atoms with Gasteiger partial charge in [-0.3, -0.25) is 4.90 Å². The van der Waals surface area contributed by atoms with Gasteiger partial charge in [-0.25, -0.2) is 9.18 Å². The molecule has 1 heterocycles. The topological polar surface area (TPSA) is 29.5 Å². The number of carbonyl (C=O) groups is 1. The van der Waals surface area contributed by atoms with Crippen LogP contribution >= 0.6 is 0 Å². The van der Waals surface area contributed by atoms with Gasteiger partial charge in [-0.1, -0.05) is 12.8 Å². The summed E-state index contributed by atoms with van der Waals surface area (Å²) >= 11 is 0. The van der Waals surface area contributed by atoms with Crippen molar-refractivity contribution >= 4 is 11.8 Å². The molecule has 0 N–H and O–H groups in total. The number of ether oxygens (including phenoxy) is 1. The number of fused-ring (bicyclic) bond motifs is 3. The van der Waals surface area contributed by atoms with Crippen LogP contribution in [0.5, 0.6) is 0 Å². The molecular formula is C14H16FNO2. The highest BCUT2D eigenvalue weighted by molar-refractivity contribution is 5.91. The first-order valence-corrected chi connectivity index (χ1v) is 6.39. The van der Waals surface area contributed by atoms with Crippen molar-refractivity contribution in [1.29, 1.82) is 0 Å². The summed E-state index contributed by atoms with van der Waals surface area (Å²) in [5, 5.41) is 0. The quantitative estimate of drug-likeness (QED) is 0.705. The zero-order chi connectivity index (χ0) is 12.7. The number of halogens is 1. The molecule has 1 fully saturated rings. The van der Waals surface area contributed by atoms with E-state index in [0.29, 0.717) is 0 Å². The van der Waals surface area contributed by atoms with Crippen LogP contribution in [0, 0.1) is 5.82 Å². The molecule has 3 rings (SSSR count). The number of hydrogen-bond donors (Lipinski definition) is 0. The zero-order valence-corrected chi connectivity index (χ0v) is 10.4. The predicted molar refractivity (Wildman–Crippen MR) is 66.3 cm³/mol. The molecule has 0 spiro atoms. The van der Waals surface area contributed by atoms with E-state index in [1.54, 1.807) is 17.0 Å². The van der Waals surface area contributed by atoms with Gasteiger partial charge in [0, 0.05) is 12.0 Å². The second kappa shape index (κ2) is 4.26. The van der Waals surface area contributed by atoms with Crippen molar-refractivity contribution in [2.24, 2.45) is 0 Å². The smallest absolute Gasteiger partial charge is 0.414 e. The monoisotopic (exact) mass is 249 g/mol. The molecule has 4 heteroatoms. The van der Waals surface area contributed by atoms with Gasteiger partial charge >= 0.3 is 6.09 Å². The minimum Gasteiger partial charge on any atom is -0.452 e. The molecule has 96 valence electrons. The maximum atomic E-state index is 13.4. The molecule has 1 amide bonds. The maximum absolute atomic E-state index is 13.4. The van der Waals surface area contributed by atoms with Crippen molar-refractivity contribution in [2.75, 3.05) is 12.0 Å². The lowest BCUT2D eigenvalue weighted by Crippen LogP contribution is -2.40. The Morgan fingerprint density at radius 3 is 2.94 bits per heavy atom. The Labute approximate surface area is 106 Å². The fourth-order valence-corrected chi connectivity index (χ4v) is 3.34. The van der Waals surface area contributed by atoms with Gasteiger partial charge in [0.1, 0.15) is 5.82 Å². The van der Waals surface area contributed by atoms with Gasteiger partial charge in [0.2, 0.25) is 0 Å². The number of carbonyl (C=O) groups excluding carboxylic acids is 1. The first-order chi connectivity index (χ1) is 8.72. The second-order valence-electron chi connectivity index (χ2n) is 5.00. The first-order valence-electron chi connectivity index (χ1n) is 6.39. The molecule has 0 saturated heterocycles. The Morgan fingerprint density at radius 1 is 1.39 bits per heavy atom. The van der Waals surface area contributed by atoms with Gasteiger partial charge in [0.15, 0.2) is 0 Å². The minimum atomic E-state index is -0.336. The van der Waals surface area contributed by atoms with Crippen molar-refractivity contribution in [2.45, 2.75) is 37.6 Å². The molecule has 0 radical (unpaired) electrons. The molecule has 3 nitrogen and oxygen atoms in total. The van der Waals surface area contributed by atoms with E-state index in [2.05, 4.69) is 0 Å². The van der Waals surface area contributed by atoms with E-state index in [1.165, 1.54) is 13.2 Å². The third kappa shape index (κ3) is 1.59. The lowest BCUT2D eigenvalue weighted by Gasteiger charge is -2.31. The average molecular weight is 249 g/mol. The largest absolute Gasteiger partial charge is 0.452 e. The van der Waals surface area contributed by atoms with Gasteiger partial charge in [0.05, 0.1) is 12.8 Å². The molecular weight excluding hydrogens is 233 g/mol. The Bertz CT molecular complexity index is 489. The van der Waals surface area contributed by atoms with E-state index in [0.717, 1.165) is 36.9 Å². The number of hydrogen-bond acceptors (Lipinski definition) is 2. The Balaban J connectivity index is 2.08. The predicted octanol–water partition coefficient (Wildman–Crippen LogP) is 3.44. The summed E-state index contributed by atoms with van der Waals surface area (Å²) in [7, 11) is 1.39. The van der Waals surface area contributed by atoms with Crippen LogP contribution in [0.2, 0.25) is 0 Å². The highest BCUT2D eigenvalue weighted by Gasteiger charge is 2.43. The highest BCUT2D eigenvalue weighted by Crippen LogP contribution is 2.48. The van der Waals surface area contributed by atoms with Gasteiger partial charge in [0.25, 0.3) is 0 Å². The molecule has 1 aliphatic carbocycles. The van der Waals surface area contributed by atoms with Gasteiger partial charge in [-0.05, 0) is 36.6 Å². The second-order valence-corrected chi connectivity index (χ2v) is 5.00. The van der Waals surface area contributed by atoms with Crippen molar-refractivity contribution in [3.05, 3.63) is 29.6 Å². The van der Waals surface area contributed by atoms with Crippen LogP contribution in [0.25, 0.3) is 0 Å². The molecule has 1 aromatic carbocycles. The molecule has 18 heavy (non-hydrogen) atoms. The lowest BCUT2D eigenvalue weighted by atomic mass is 9.82. The summed E-state index contributed by atoms with van der Waals surface area (Å²) in [6, 6.07) is 4.82. The molecule has 0 aromatic heterocycles. The molecule has 2 aliphatic rings. The summed E-state index contributed by atoms with van der Waals surface area (Å²) in [5.41, 5.74) is 1.78. The van der Waals surface area contributed by atoms with Crippen LogP contribution in [0.1, 0.15) is 37.2 Å². The summed E-state index contributed by atoms with van der Waals surface area (Å²) in [4.78, 5) is 13.6. The molecule has 1 saturated carbocycles. The molecule has 1 aliphatic heterocycles. The summed E-state index contributed by atoms with van der Waals surface area (Å²) in [5.74, 6) is 0.0355. The van der Waals surface area contributed by atoms with Gasteiger partial charge < -0.3 is 4.74 Å². The van der Waals surface area contributed by atoms with Crippen LogP contribution in [-0.2, 0) is 4.74 Å². The van der Waals surface area contributed by atoms with Crippen molar-refractivity contribution in [3.8, 4) is 0 Å². The van der Waals surface area contributed by atoms with E-state index in [4.69, 9.17) is 4.74 Å². The Hall–Kier alpha value is -1.58. The number of amides is 1. The van der Waals surface area contributed by atoms with E-state index in [1.807, 2.05) is 0 Å². The number of rotatable bonds is 0. The third-order valence-corrected chi connectivity index (χ3v) is 4.08. The number of benzene rings is 1. The normalized spacial score (nSPS) is 25.6. The first kappa shape index (κ1) is 11.5. The van der Waals surface area contributed by atoms with Crippen LogP contribution in [0.4, 0.5) is 14.9 Å². The average Bonchev–Trinajstić information content (AvgIpc) is 2.72.